The number of sulfonamides is 1. The molecule has 1 atom stereocenters. The monoisotopic (exact) mass is 499 g/mol. The summed E-state index contributed by atoms with van der Waals surface area (Å²) in [6.45, 7) is 6.53. The molecule has 8 heteroatoms. The highest BCUT2D eigenvalue weighted by atomic mass is 32.2. The van der Waals surface area contributed by atoms with Gasteiger partial charge in [0.1, 0.15) is 4.21 Å². The molecule has 0 saturated carbocycles. The summed E-state index contributed by atoms with van der Waals surface area (Å²) in [5.41, 5.74) is 2.22. The molecular formula is C26H33N3O3S2. The molecule has 1 aliphatic rings. The summed E-state index contributed by atoms with van der Waals surface area (Å²) in [6, 6.07) is 21.7. The molecule has 2 heterocycles. The zero-order valence-electron chi connectivity index (χ0n) is 20.0. The van der Waals surface area contributed by atoms with Crippen molar-refractivity contribution in [2.75, 3.05) is 38.1 Å². The average molecular weight is 500 g/mol. The molecule has 0 spiro atoms. The Morgan fingerprint density at radius 3 is 2.35 bits per heavy atom. The van der Waals surface area contributed by atoms with Crippen molar-refractivity contribution in [1.29, 1.82) is 0 Å². The summed E-state index contributed by atoms with van der Waals surface area (Å²) in [4.78, 5) is 4.55. The van der Waals surface area contributed by atoms with Crippen molar-refractivity contribution < 1.29 is 13.5 Å². The predicted octanol–water partition coefficient (Wildman–Crippen LogP) is 3.99. The number of hydrogen-bond donors (Lipinski definition) is 1. The third-order valence-corrected chi connectivity index (χ3v) is 9.50. The summed E-state index contributed by atoms with van der Waals surface area (Å²) in [5, 5.41) is 12.1. The highest BCUT2D eigenvalue weighted by Crippen LogP contribution is 2.29. The number of thiophene rings is 1. The highest BCUT2D eigenvalue weighted by Gasteiger charge is 2.35. The Kier molecular flexibility index (Phi) is 7.45. The van der Waals surface area contributed by atoms with Gasteiger partial charge >= 0.3 is 0 Å². The molecule has 0 radical (unpaired) electrons. The Hall–Kier alpha value is -2.23. The molecule has 1 aromatic heterocycles. The zero-order valence-corrected chi connectivity index (χ0v) is 21.6. The van der Waals surface area contributed by atoms with E-state index in [9.17, 15) is 13.5 Å². The van der Waals surface area contributed by atoms with Crippen LogP contribution in [0.3, 0.4) is 0 Å². The molecule has 1 aliphatic heterocycles. The van der Waals surface area contributed by atoms with Gasteiger partial charge in [-0.3, -0.25) is 0 Å². The van der Waals surface area contributed by atoms with Crippen LogP contribution in [0.2, 0.25) is 0 Å². The van der Waals surface area contributed by atoms with Crippen LogP contribution in [-0.2, 0) is 22.2 Å². The number of rotatable bonds is 8. The molecule has 1 N–H and O–H groups in total. The number of anilines is 1. The molecule has 0 amide bonds. The smallest absolute Gasteiger partial charge is 0.252 e. The molecule has 182 valence electrons. The summed E-state index contributed by atoms with van der Waals surface area (Å²) in [6.07, 6.45) is 0. The zero-order chi connectivity index (χ0) is 24.3. The Morgan fingerprint density at radius 2 is 1.74 bits per heavy atom. The van der Waals surface area contributed by atoms with Crippen LogP contribution < -0.4 is 4.90 Å². The molecule has 34 heavy (non-hydrogen) atoms. The lowest BCUT2D eigenvalue weighted by Gasteiger charge is -2.43. The van der Waals surface area contributed by atoms with Crippen molar-refractivity contribution in [1.82, 2.24) is 9.21 Å². The molecule has 1 saturated heterocycles. The molecule has 6 nitrogen and oxygen atoms in total. The van der Waals surface area contributed by atoms with E-state index in [2.05, 4.69) is 29.0 Å². The number of piperazine rings is 1. The van der Waals surface area contributed by atoms with Crippen molar-refractivity contribution >= 4 is 27.0 Å². The van der Waals surface area contributed by atoms with Crippen LogP contribution in [0.15, 0.2) is 76.3 Å². The van der Waals surface area contributed by atoms with Crippen LogP contribution in [0.25, 0.3) is 0 Å². The minimum atomic E-state index is -3.50. The normalized spacial score (nSPS) is 17.9. The number of nitrogens with zero attached hydrogens (tertiary/aromatic N) is 3. The van der Waals surface area contributed by atoms with Crippen molar-refractivity contribution in [3.63, 3.8) is 0 Å². The SMILES string of the molecule is CN(Cc1ccccc1)CC1CN(S(=O)(=O)c2cccs2)CCN1c1ccc(C(C)(C)O)cc1. The standard InChI is InChI=1S/C26H33N3O3S2/c1-26(2,30)22-11-13-23(14-12-22)29-16-15-28(34(31,32)25-10-7-17-33-25)20-24(29)19-27(3)18-21-8-5-4-6-9-21/h4-14,17,24,30H,15-16,18-20H2,1-3H3. The van der Waals surface area contributed by atoms with Gasteiger partial charge in [0.15, 0.2) is 0 Å². The van der Waals surface area contributed by atoms with Gasteiger partial charge in [-0.1, -0.05) is 48.5 Å². The van der Waals surface area contributed by atoms with Crippen molar-refractivity contribution in [2.45, 2.75) is 36.2 Å². The van der Waals surface area contributed by atoms with Gasteiger partial charge in [-0.2, -0.15) is 4.31 Å². The number of likely N-dealkylation sites (N-methyl/N-ethyl adjacent to an activating group) is 1. The molecule has 4 rings (SSSR count). The first-order valence-electron chi connectivity index (χ1n) is 11.5. The maximum Gasteiger partial charge on any atom is 0.252 e. The first-order chi connectivity index (χ1) is 16.1. The van der Waals surface area contributed by atoms with Gasteiger partial charge in [0, 0.05) is 38.4 Å². The van der Waals surface area contributed by atoms with Crippen LogP contribution in [0.4, 0.5) is 5.69 Å². The molecule has 0 bridgehead atoms. The molecule has 3 aromatic rings. The van der Waals surface area contributed by atoms with Gasteiger partial charge in [-0.25, -0.2) is 8.42 Å². The third kappa shape index (κ3) is 5.70. The van der Waals surface area contributed by atoms with Gasteiger partial charge in [0.2, 0.25) is 0 Å². The van der Waals surface area contributed by atoms with E-state index in [1.807, 2.05) is 42.5 Å². The van der Waals surface area contributed by atoms with Gasteiger partial charge in [0.05, 0.1) is 11.6 Å². The fourth-order valence-electron chi connectivity index (χ4n) is 4.46. The van der Waals surface area contributed by atoms with Gasteiger partial charge in [-0.15, -0.1) is 11.3 Å². The first-order valence-corrected chi connectivity index (χ1v) is 13.8. The second-order valence-corrected chi connectivity index (χ2v) is 12.5. The summed E-state index contributed by atoms with van der Waals surface area (Å²) in [7, 11) is -1.43. The molecule has 1 unspecified atom stereocenters. The Bertz CT molecular complexity index is 1160. The van der Waals surface area contributed by atoms with E-state index in [4.69, 9.17) is 0 Å². The highest BCUT2D eigenvalue weighted by molar-refractivity contribution is 7.91. The minimum absolute atomic E-state index is 0.00909. The van der Waals surface area contributed by atoms with Crippen LogP contribution in [-0.4, -0.2) is 62.0 Å². The maximum atomic E-state index is 13.2. The fourth-order valence-corrected chi connectivity index (χ4v) is 7.07. The van der Waals surface area contributed by atoms with E-state index in [0.717, 1.165) is 24.3 Å². The van der Waals surface area contributed by atoms with Crippen LogP contribution in [0, 0.1) is 0 Å². The predicted molar refractivity (Wildman–Crippen MR) is 139 cm³/mol. The van der Waals surface area contributed by atoms with E-state index in [1.165, 1.54) is 16.9 Å². The third-order valence-electron chi connectivity index (χ3n) is 6.26. The lowest BCUT2D eigenvalue weighted by atomic mass is 9.98. The number of aliphatic hydroxyl groups is 1. The van der Waals surface area contributed by atoms with Crippen LogP contribution >= 0.6 is 11.3 Å². The van der Waals surface area contributed by atoms with E-state index >= 15 is 0 Å². The molecule has 1 fully saturated rings. The second-order valence-electron chi connectivity index (χ2n) is 9.43. The fraction of sp³-hybridized carbons (Fsp3) is 0.385. The quantitative estimate of drug-likeness (QED) is 0.508. The van der Waals surface area contributed by atoms with Crippen LogP contribution in [0.5, 0.6) is 0 Å². The largest absolute Gasteiger partial charge is 0.386 e. The Labute approximate surface area is 207 Å². The number of hydrogen-bond acceptors (Lipinski definition) is 6. The van der Waals surface area contributed by atoms with Crippen molar-refractivity contribution in [3.05, 3.63) is 83.2 Å². The average Bonchev–Trinajstić information content (AvgIpc) is 3.35. The topological polar surface area (TPSA) is 64.1 Å². The molecule has 0 aliphatic carbocycles. The van der Waals surface area contributed by atoms with E-state index in [0.29, 0.717) is 23.8 Å². The Balaban J connectivity index is 1.57. The van der Waals surface area contributed by atoms with Crippen molar-refractivity contribution in [2.24, 2.45) is 0 Å². The lowest BCUT2D eigenvalue weighted by Crippen LogP contribution is -2.58. The van der Waals surface area contributed by atoms with E-state index < -0.39 is 15.6 Å². The maximum absolute atomic E-state index is 13.2. The van der Waals surface area contributed by atoms with Gasteiger partial charge in [0.25, 0.3) is 10.0 Å². The number of benzene rings is 2. The first kappa shape index (κ1) is 24.9. The summed E-state index contributed by atoms with van der Waals surface area (Å²) >= 11 is 1.26. The Morgan fingerprint density at radius 1 is 1.03 bits per heavy atom. The van der Waals surface area contributed by atoms with E-state index in [-0.39, 0.29) is 6.04 Å². The van der Waals surface area contributed by atoms with Gasteiger partial charge in [-0.05, 0) is 55.6 Å². The minimum Gasteiger partial charge on any atom is -0.386 e. The lowest BCUT2D eigenvalue weighted by molar-refractivity contribution is 0.0786. The van der Waals surface area contributed by atoms with Crippen molar-refractivity contribution in [3.8, 4) is 0 Å². The van der Waals surface area contributed by atoms with Gasteiger partial charge < -0.3 is 14.9 Å². The summed E-state index contributed by atoms with van der Waals surface area (Å²) < 4.78 is 28.5. The van der Waals surface area contributed by atoms with E-state index in [1.54, 1.807) is 35.7 Å². The molecule has 2 aromatic carbocycles. The summed E-state index contributed by atoms with van der Waals surface area (Å²) in [5.74, 6) is 0. The second kappa shape index (κ2) is 10.2. The van der Waals surface area contributed by atoms with Crippen LogP contribution in [0.1, 0.15) is 25.0 Å². The molecular weight excluding hydrogens is 466 g/mol.